The Morgan fingerprint density at radius 3 is 2.70 bits per heavy atom. The molecule has 1 saturated heterocycles. The third kappa shape index (κ3) is 8.36. The molecule has 2 fully saturated rings. The third-order valence-electron chi connectivity index (χ3n) is 8.22. The number of piperidine rings is 1. The summed E-state index contributed by atoms with van der Waals surface area (Å²) in [6.07, 6.45) is 10.2. The quantitative estimate of drug-likeness (QED) is 0.305. The van der Waals surface area contributed by atoms with E-state index in [2.05, 4.69) is 10.6 Å². The second-order valence-corrected chi connectivity index (χ2v) is 10.9. The first-order valence-electron chi connectivity index (χ1n) is 14.3. The molecule has 2 aliphatic rings. The van der Waals surface area contributed by atoms with Crippen LogP contribution in [-0.4, -0.2) is 62.0 Å². The van der Waals surface area contributed by atoms with Crippen LogP contribution >= 0.6 is 0 Å². The third-order valence-corrected chi connectivity index (χ3v) is 8.22. The van der Waals surface area contributed by atoms with Gasteiger partial charge in [0.1, 0.15) is 0 Å². The van der Waals surface area contributed by atoms with Crippen LogP contribution in [0, 0.1) is 23.5 Å². The molecule has 1 aromatic rings. The molecule has 6 nitrogen and oxygen atoms in total. The number of carbonyl (C=O) groups excluding carboxylic acids is 1. The normalized spacial score (nSPS) is 21.4. The van der Waals surface area contributed by atoms with Gasteiger partial charge in [-0.05, 0) is 64.5 Å². The zero-order valence-corrected chi connectivity index (χ0v) is 22.7. The first-order chi connectivity index (χ1) is 17.9. The van der Waals surface area contributed by atoms with Gasteiger partial charge in [-0.2, -0.15) is 0 Å². The van der Waals surface area contributed by atoms with Crippen molar-refractivity contribution in [3.05, 3.63) is 35.4 Å². The summed E-state index contributed by atoms with van der Waals surface area (Å²) in [5.41, 5.74) is -1.58. The molecule has 2 amide bonds. The standard InChI is InChI=1S/C29H47F2N3O3/c1-3-37-18-8-7-16-29(36,25-14-9-15-26(30)27(25)31)23-13-10-17-34(21-23)28(35)33-24(20-32-2)19-22-11-5-4-6-12-22/h9,14-15,22-24,32,36H,3-8,10-13,16-21H2,1-2H3,(H,33,35)/t23-,24+,29+/m1/s1. The lowest BCUT2D eigenvalue weighted by Crippen LogP contribution is -2.54. The van der Waals surface area contributed by atoms with Crippen LogP contribution in [0.1, 0.15) is 83.1 Å². The van der Waals surface area contributed by atoms with Crippen LogP contribution in [0.4, 0.5) is 13.6 Å². The average molecular weight is 524 g/mol. The van der Waals surface area contributed by atoms with E-state index in [0.29, 0.717) is 58.0 Å². The predicted molar refractivity (Wildman–Crippen MR) is 142 cm³/mol. The van der Waals surface area contributed by atoms with Gasteiger partial charge in [-0.25, -0.2) is 13.6 Å². The Kier molecular flexibility index (Phi) is 12.1. The monoisotopic (exact) mass is 523 g/mol. The summed E-state index contributed by atoms with van der Waals surface area (Å²) in [5.74, 6) is -1.72. The Balaban J connectivity index is 1.71. The molecule has 1 saturated carbocycles. The van der Waals surface area contributed by atoms with Gasteiger partial charge in [0.15, 0.2) is 11.6 Å². The van der Waals surface area contributed by atoms with E-state index in [0.717, 1.165) is 18.9 Å². The molecule has 1 aromatic carbocycles. The van der Waals surface area contributed by atoms with E-state index < -0.39 is 23.2 Å². The maximum Gasteiger partial charge on any atom is 0.317 e. The van der Waals surface area contributed by atoms with Crippen molar-refractivity contribution >= 4 is 6.03 Å². The second kappa shape index (κ2) is 15.0. The SMILES string of the molecule is CCOCCCC[C@@](O)(c1cccc(F)c1F)[C@@H]1CCCN(C(=O)N[C@H](CNC)CC2CCCCC2)C1. The van der Waals surface area contributed by atoms with E-state index in [1.807, 2.05) is 14.0 Å². The highest BCUT2D eigenvalue weighted by Crippen LogP contribution is 2.41. The van der Waals surface area contributed by atoms with Gasteiger partial charge < -0.3 is 25.4 Å². The van der Waals surface area contributed by atoms with Crippen molar-refractivity contribution in [2.45, 2.75) is 89.2 Å². The summed E-state index contributed by atoms with van der Waals surface area (Å²) in [5, 5.41) is 18.4. The molecule has 0 unspecified atom stereocenters. The molecule has 3 rings (SSSR count). The number of nitrogens with one attached hydrogen (secondary N) is 2. The Hall–Kier alpha value is -1.77. The number of benzene rings is 1. The molecule has 0 aromatic heterocycles. The average Bonchev–Trinajstić information content (AvgIpc) is 2.90. The number of halogens is 2. The van der Waals surface area contributed by atoms with E-state index in [4.69, 9.17) is 4.74 Å². The van der Waals surface area contributed by atoms with Gasteiger partial charge in [0.05, 0.1) is 5.60 Å². The number of nitrogens with zero attached hydrogens (tertiary/aromatic N) is 1. The Bertz CT molecular complexity index is 837. The lowest BCUT2D eigenvalue weighted by atomic mass is 9.74. The molecule has 3 atom stereocenters. The number of hydrogen-bond donors (Lipinski definition) is 3. The number of likely N-dealkylation sites (tertiary alicyclic amines) is 1. The van der Waals surface area contributed by atoms with Crippen LogP contribution in [0.5, 0.6) is 0 Å². The first kappa shape index (κ1) is 29.8. The van der Waals surface area contributed by atoms with Crippen LogP contribution < -0.4 is 10.6 Å². The van der Waals surface area contributed by atoms with Crippen molar-refractivity contribution in [2.24, 2.45) is 11.8 Å². The molecule has 0 radical (unpaired) electrons. The van der Waals surface area contributed by atoms with Crippen molar-refractivity contribution in [2.75, 3.05) is 39.9 Å². The minimum Gasteiger partial charge on any atom is -0.385 e. The predicted octanol–water partition coefficient (Wildman–Crippen LogP) is 5.34. The topological polar surface area (TPSA) is 73.8 Å². The number of rotatable bonds is 13. The molecular formula is C29H47F2N3O3. The van der Waals surface area contributed by atoms with Crippen LogP contribution in [-0.2, 0) is 10.3 Å². The fourth-order valence-corrected chi connectivity index (χ4v) is 6.22. The fourth-order valence-electron chi connectivity index (χ4n) is 6.22. The van der Waals surface area contributed by atoms with E-state index in [1.54, 1.807) is 4.90 Å². The van der Waals surface area contributed by atoms with E-state index in [-0.39, 0.29) is 24.1 Å². The number of likely N-dealkylation sites (N-methyl/N-ethyl adjacent to an activating group) is 1. The second-order valence-electron chi connectivity index (χ2n) is 10.9. The van der Waals surface area contributed by atoms with Crippen molar-refractivity contribution in [3.8, 4) is 0 Å². The molecule has 8 heteroatoms. The number of aliphatic hydroxyl groups is 1. The van der Waals surface area contributed by atoms with Crippen molar-refractivity contribution < 1.29 is 23.4 Å². The molecule has 1 aliphatic carbocycles. The van der Waals surface area contributed by atoms with Crippen LogP contribution in [0.25, 0.3) is 0 Å². The summed E-state index contributed by atoms with van der Waals surface area (Å²) >= 11 is 0. The minimum absolute atomic E-state index is 0.0125. The zero-order chi connectivity index (χ0) is 26.7. The lowest BCUT2D eigenvalue weighted by molar-refractivity contribution is -0.0593. The molecule has 3 N–H and O–H groups in total. The molecule has 0 spiro atoms. The van der Waals surface area contributed by atoms with Gasteiger partial charge in [0.25, 0.3) is 0 Å². The van der Waals surface area contributed by atoms with Gasteiger partial charge in [0, 0.05) is 50.4 Å². The summed E-state index contributed by atoms with van der Waals surface area (Å²) in [4.78, 5) is 15.1. The smallest absolute Gasteiger partial charge is 0.317 e. The molecule has 1 aliphatic heterocycles. The van der Waals surface area contributed by atoms with E-state index in [1.165, 1.54) is 44.2 Å². The maximum atomic E-state index is 15.0. The molecule has 37 heavy (non-hydrogen) atoms. The van der Waals surface area contributed by atoms with Crippen molar-refractivity contribution in [1.29, 1.82) is 0 Å². The van der Waals surface area contributed by atoms with Gasteiger partial charge in [-0.15, -0.1) is 0 Å². The van der Waals surface area contributed by atoms with E-state index >= 15 is 0 Å². The first-order valence-corrected chi connectivity index (χ1v) is 14.3. The number of hydrogen-bond acceptors (Lipinski definition) is 4. The highest BCUT2D eigenvalue weighted by molar-refractivity contribution is 5.74. The summed E-state index contributed by atoms with van der Waals surface area (Å²) in [6, 6.07) is 3.90. The van der Waals surface area contributed by atoms with Gasteiger partial charge in [0.2, 0.25) is 0 Å². The van der Waals surface area contributed by atoms with E-state index in [9.17, 15) is 18.7 Å². The lowest BCUT2D eigenvalue weighted by Gasteiger charge is -2.43. The molecule has 0 bridgehead atoms. The Labute approximate surface area is 221 Å². The largest absolute Gasteiger partial charge is 0.385 e. The molecule has 1 heterocycles. The molecule has 210 valence electrons. The number of urea groups is 1. The van der Waals surface area contributed by atoms with Gasteiger partial charge in [-0.1, -0.05) is 44.2 Å². The van der Waals surface area contributed by atoms with Crippen molar-refractivity contribution in [1.82, 2.24) is 15.5 Å². The summed E-state index contributed by atoms with van der Waals surface area (Å²) in [7, 11) is 1.90. The maximum absolute atomic E-state index is 15.0. The molecular weight excluding hydrogens is 476 g/mol. The number of amides is 2. The van der Waals surface area contributed by atoms with Crippen LogP contribution in [0.15, 0.2) is 18.2 Å². The Morgan fingerprint density at radius 2 is 1.97 bits per heavy atom. The fraction of sp³-hybridized carbons (Fsp3) is 0.759. The highest BCUT2D eigenvalue weighted by atomic mass is 19.2. The minimum atomic E-state index is -1.57. The zero-order valence-electron chi connectivity index (χ0n) is 22.7. The van der Waals surface area contributed by atoms with Crippen LogP contribution in [0.2, 0.25) is 0 Å². The van der Waals surface area contributed by atoms with Crippen LogP contribution in [0.3, 0.4) is 0 Å². The number of unbranched alkanes of at least 4 members (excludes halogenated alkanes) is 1. The van der Waals surface area contributed by atoms with Crippen molar-refractivity contribution in [3.63, 3.8) is 0 Å². The Morgan fingerprint density at radius 1 is 1.19 bits per heavy atom. The summed E-state index contributed by atoms with van der Waals surface area (Å²) in [6.45, 7) is 4.70. The van der Waals surface area contributed by atoms with Gasteiger partial charge in [-0.3, -0.25) is 0 Å². The summed E-state index contributed by atoms with van der Waals surface area (Å²) < 4.78 is 34.6. The van der Waals surface area contributed by atoms with Gasteiger partial charge >= 0.3 is 6.03 Å². The highest BCUT2D eigenvalue weighted by Gasteiger charge is 2.43. The number of ether oxygens (including phenoxy) is 1. The number of carbonyl (C=O) groups is 1.